The summed E-state index contributed by atoms with van der Waals surface area (Å²) in [6.45, 7) is 6.06. The van der Waals surface area contributed by atoms with Gasteiger partial charge in [-0.15, -0.1) is 0 Å². The third-order valence-corrected chi connectivity index (χ3v) is 11.0. The summed E-state index contributed by atoms with van der Waals surface area (Å²) in [5, 5.41) is 6.32. The second-order valence-corrected chi connectivity index (χ2v) is 15.4. The number of nitrogens with one attached hydrogen (secondary N) is 2. The van der Waals surface area contributed by atoms with E-state index in [0.717, 1.165) is 28.1 Å². The molecule has 3 heterocycles. The van der Waals surface area contributed by atoms with Crippen molar-refractivity contribution < 1.29 is 27.8 Å². The number of ether oxygens (including phenoxy) is 2. The van der Waals surface area contributed by atoms with Gasteiger partial charge in [-0.25, -0.2) is 24.3 Å². The molecule has 1 amide bonds. The fourth-order valence-corrected chi connectivity index (χ4v) is 7.66. The maximum Gasteiger partial charge on any atom is 0.322 e. The van der Waals surface area contributed by atoms with E-state index in [1.807, 2.05) is 54.8 Å². The molecule has 0 unspecified atom stereocenters. The quantitative estimate of drug-likeness (QED) is 0.0890. The summed E-state index contributed by atoms with van der Waals surface area (Å²) in [7, 11) is -1.50. The van der Waals surface area contributed by atoms with Crippen molar-refractivity contribution in [2.75, 3.05) is 23.5 Å². The van der Waals surface area contributed by atoms with Gasteiger partial charge in [0.2, 0.25) is 5.91 Å². The van der Waals surface area contributed by atoms with Crippen LogP contribution in [0.25, 0.3) is 28.0 Å². The van der Waals surface area contributed by atoms with Crippen LogP contribution in [0, 0.1) is 26.6 Å². The standard InChI is InChI=1S/C42H40FN7O5S/c1-26-22-36(55-42-44-20-18-27(2)48-42)34(43)23-35(26)50-39(28(3)38-40(50)41(47-25-46-38)45-24-29-10-16-32(54-4)17-11-29)30-12-14-31(15-13-30)49-37(51)19-21-56(52,53)33-8-6-5-7-9-33/h5-18,20,22-23,25,52-53H,19,21,24H2,1-4H3,(H,49,51)(H,45,46,47). The number of fused-ring (bicyclic) bond motifs is 1. The van der Waals surface area contributed by atoms with E-state index in [1.165, 1.54) is 12.4 Å². The molecule has 286 valence electrons. The first-order valence-corrected chi connectivity index (χ1v) is 19.4. The number of carbonyl (C=O) groups excluding carboxylic acids is 1. The van der Waals surface area contributed by atoms with Crippen LogP contribution in [0.1, 0.15) is 28.8 Å². The van der Waals surface area contributed by atoms with Crippen molar-refractivity contribution in [2.24, 2.45) is 0 Å². The van der Waals surface area contributed by atoms with Crippen LogP contribution in [-0.2, 0) is 11.3 Å². The molecule has 7 aromatic rings. The molecule has 0 radical (unpaired) electrons. The number of rotatable bonds is 13. The van der Waals surface area contributed by atoms with Gasteiger partial charge in [0.25, 0.3) is 0 Å². The number of aryl methyl sites for hydroxylation is 3. The first kappa shape index (κ1) is 37.9. The molecule has 12 nitrogen and oxygen atoms in total. The third kappa shape index (κ3) is 8.17. The predicted molar refractivity (Wildman–Crippen MR) is 217 cm³/mol. The Bertz CT molecular complexity index is 2510. The Morgan fingerprint density at radius 1 is 0.911 bits per heavy atom. The molecule has 0 spiro atoms. The molecule has 3 aromatic heterocycles. The molecular weight excluding hydrogens is 734 g/mol. The fraction of sp³-hybridized carbons (Fsp3) is 0.167. The van der Waals surface area contributed by atoms with Crippen LogP contribution in [0.4, 0.5) is 15.9 Å². The summed E-state index contributed by atoms with van der Waals surface area (Å²) >= 11 is 0. The SMILES string of the molecule is COc1ccc(CNc2ncnc3c(C)c(-c4ccc(NC(=O)CCS(O)(O)c5ccccc5)cc4)n(-c4cc(F)c(Oc5nccc(C)n5)cc4C)c23)cc1. The van der Waals surface area contributed by atoms with E-state index >= 15 is 4.39 Å². The second-order valence-electron chi connectivity index (χ2n) is 13.1. The number of aromatic nitrogens is 5. The molecule has 0 aliphatic heterocycles. The summed E-state index contributed by atoms with van der Waals surface area (Å²) in [6, 6.07) is 28.3. The summed E-state index contributed by atoms with van der Waals surface area (Å²) < 4.78 is 50.4. The van der Waals surface area contributed by atoms with Crippen LogP contribution in [0.3, 0.4) is 0 Å². The van der Waals surface area contributed by atoms with Crippen LogP contribution >= 0.6 is 10.6 Å². The van der Waals surface area contributed by atoms with Crippen LogP contribution < -0.4 is 20.1 Å². The number of amides is 1. The number of benzene rings is 4. The molecule has 0 aliphatic rings. The average Bonchev–Trinajstić information content (AvgIpc) is 3.50. The molecule has 0 fully saturated rings. The molecular formula is C42H40FN7O5S. The average molecular weight is 774 g/mol. The van der Waals surface area contributed by atoms with Gasteiger partial charge in [0.05, 0.1) is 34.7 Å². The molecule has 0 bridgehead atoms. The first-order chi connectivity index (χ1) is 27.0. The summed E-state index contributed by atoms with van der Waals surface area (Å²) in [5.41, 5.74) is 7.07. The summed E-state index contributed by atoms with van der Waals surface area (Å²) in [6.07, 6.45) is 2.96. The van der Waals surface area contributed by atoms with E-state index in [0.29, 0.717) is 50.9 Å². The zero-order chi connectivity index (χ0) is 39.4. The highest BCUT2D eigenvalue weighted by Crippen LogP contribution is 2.48. The number of nitrogens with zero attached hydrogens (tertiary/aromatic N) is 5. The van der Waals surface area contributed by atoms with Gasteiger partial charge in [0.15, 0.2) is 17.4 Å². The van der Waals surface area contributed by atoms with Gasteiger partial charge in [-0.05, 0) is 86.0 Å². The van der Waals surface area contributed by atoms with Gasteiger partial charge in [-0.2, -0.15) is 10.6 Å². The van der Waals surface area contributed by atoms with Crippen molar-refractivity contribution in [1.82, 2.24) is 24.5 Å². The third-order valence-electron chi connectivity index (χ3n) is 9.24. The maximum atomic E-state index is 16.1. The normalized spacial score (nSPS) is 11.7. The minimum absolute atomic E-state index is 0.0224. The van der Waals surface area contributed by atoms with Crippen molar-refractivity contribution >= 4 is 39.0 Å². The Hall–Kier alpha value is -6.35. The van der Waals surface area contributed by atoms with Crippen molar-refractivity contribution in [2.45, 2.75) is 38.6 Å². The molecule has 4 aromatic carbocycles. The molecule has 0 atom stereocenters. The lowest BCUT2D eigenvalue weighted by Gasteiger charge is -2.32. The predicted octanol–water partition coefficient (Wildman–Crippen LogP) is 9.49. The van der Waals surface area contributed by atoms with Gasteiger partial charge in [0, 0.05) is 42.2 Å². The monoisotopic (exact) mass is 773 g/mol. The summed E-state index contributed by atoms with van der Waals surface area (Å²) in [4.78, 5) is 31.0. The minimum Gasteiger partial charge on any atom is -0.497 e. The molecule has 56 heavy (non-hydrogen) atoms. The van der Waals surface area contributed by atoms with Gasteiger partial charge in [0.1, 0.15) is 17.6 Å². The Kier molecular flexibility index (Phi) is 11.0. The van der Waals surface area contributed by atoms with Crippen LogP contribution in [-0.4, -0.2) is 52.4 Å². The van der Waals surface area contributed by atoms with Crippen LogP contribution in [0.2, 0.25) is 0 Å². The topological polar surface area (TPSA) is 157 Å². The van der Waals surface area contributed by atoms with E-state index in [1.54, 1.807) is 74.8 Å². The van der Waals surface area contributed by atoms with Crippen molar-refractivity contribution in [3.8, 4) is 34.5 Å². The fourth-order valence-electron chi connectivity index (χ4n) is 6.36. The van der Waals surface area contributed by atoms with Crippen LogP contribution in [0.5, 0.6) is 17.5 Å². The zero-order valence-corrected chi connectivity index (χ0v) is 32.0. The molecule has 0 aliphatic carbocycles. The number of halogens is 1. The van der Waals surface area contributed by atoms with Gasteiger partial charge < -0.3 is 24.7 Å². The van der Waals surface area contributed by atoms with Gasteiger partial charge >= 0.3 is 6.01 Å². The van der Waals surface area contributed by atoms with Gasteiger partial charge in [-0.1, -0.05) is 42.5 Å². The molecule has 0 saturated heterocycles. The molecule has 0 saturated carbocycles. The van der Waals surface area contributed by atoms with E-state index in [9.17, 15) is 13.9 Å². The number of hydrogen-bond acceptors (Lipinski definition) is 10. The largest absolute Gasteiger partial charge is 0.497 e. The first-order valence-electron chi connectivity index (χ1n) is 17.7. The highest BCUT2D eigenvalue weighted by molar-refractivity contribution is 8.24. The van der Waals surface area contributed by atoms with Gasteiger partial charge in [-0.3, -0.25) is 13.9 Å². The second kappa shape index (κ2) is 16.2. The Morgan fingerprint density at radius 2 is 1.66 bits per heavy atom. The zero-order valence-electron chi connectivity index (χ0n) is 31.2. The number of carbonyl (C=O) groups is 1. The number of methoxy groups -OCH3 is 1. The Labute approximate surface area is 324 Å². The number of anilines is 2. The lowest BCUT2D eigenvalue weighted by atomic mass is 10.1. The molecule has 14 heteroatoms. The van der Waals surface area contributed by atoms with E-state index in [4.69, 9.17) is 9.47 Å². The van der Waals surface area contributed by atoms with E-state index in [-0.39, 0.29) is 29.8 Å². The van der Waals surface area contributed by atoms with E-state index in [2.05, 4.69) is 30.6 Å². The Morgan fingerprint density at radius 3 is 2.38 bits per heavy atom. The van der Waals surface area contributed by atoms with Crippen molar-refractivity contribution in [3.63, 3.8) is 0 Å². The number of hydrogen-bond donors (Lipinski definition) is 4. The lowest BCUT2D eigenvalue weighted by molar-refractivity contribution is -0.115. The minimum atomic E-state index is -3.12. The molecule has 7 rings (SSSR count). The van der Waals surface area contributed by atoms with Crippen molar-refractivity contribution in [3.05, 3.63) is 138 Å². The summed E-state index contributed by atoms with van der Waals surface area (Å²) in [5.74, 6) is 0.190. The van der Waals surface area contributed by atoms with Crippen LogP contribution in [0.15, 0.2) is 114 Å². The Balaban J connectivity index is 1.24. The highest BCUT2D eigenvalue weighted by Gasteiger charge is 2.24. The van der Waals surface area contributed by atoms with E-state index < -0.39 is 16.4 Å². The molecule has 4 N–H and O–H groups in total. The maximum absolute atomic E-state index is 16.1. The highest BCUT2D eigenvalue weighted by atomic mass is 32.3. The lowest BCUT2D eigenvalue weighted by Crippen LogP contribution is -2.16. The van der Waals surface area contributed by atoms with Crippen molar-refractivity contribution in [1.29, 1.82) is 0 Å². The smallest absolute Gasteiger partial charge is 0.322 e.